The van der Waals surface area contributed by atoms with Crippen molar-refractivity contribution in [3.63, 3.8) is 0 Å². The Balaban J connectivity index is 1.44. The number of piperidine rings is 1. The lowest BCUT2D eigenvalue weighted by Crippen LogP contribution is -2.33. The lowest BCUT2D eigenvalue weighted by molar-refractivity contribution is -0.116. The SMILES string of the molecule is COc1ccc(CCC(=O)Nc2cccc3c(=O)n(CC4CCN(C)CC4)ccc23)cc1. The highest BCUT2D eigenvalue weighted by molar-refractivity contribution is 6.01. The number of benzene rings is 2. The first-order chi connectivity index (χ1) is 15.5. The summed E-state index contributed by atoms with van der Waals surface area (Å²) in [4.78, 5) is 28.0. The van der Waals surface area contributed by atoms with E-state index in [4.69, 9.17) is 4.74 Å². The number of ether oxygens (including phenoxy) is 1. The van der Waals surface area contributed by atoms with Crippen molar-refractivity contribution >= 4 is 22.4 Å². The highest BCUT2D eigenvalue weighted by Gasteiger charge is 2.18. The van der Waals surface area contributed by atoms with Gasteiger partial charge >= 0.3 is 0 Å². The standard InChI is InChI=1S/C26H31N3O3/c1-28-15-12-20(13-16-28)18-29-17-14-22-23(26(29)31)4-3-5-24(22)27-25(30)11-8-19-6-9-21(32-2)10-7-19/h3-7,9-10,14,17,20H,8,11-13,15-16,18H2,1-2H3,(H,27,30). The summed E-state index contributed by atoms with van der Waals surface area (Å²) in [6.45, 7) is 2.92. The minimum atomic E-state index is -0.0659. The zero-order valence-corrected chi connectivity index (χ0v) is 18.8. The van der Waals surface area contributed by atoms with Crippen molar-refractivity contribution in [2.24, 2.45) is 5.92 Å². The minimum absolute atomic E-state index is 0.00996. The maximum atomic E-state index is 13.1. The van der Waals surface area contributed by atoms with Crippen LogP contribution in [-0.2, 0) is 17.8 Å². The van der Waals surface area contributed by atoms with Gasteiger partial charge < -0.3 is 19.5 Å². The summed E-state index contributed by atoms with van der Waals surface area (Å²) in [5.74, 6) is 1.27. The molecule has 1 aliphatic rings. The number of hydrogen-bond acceptors (Lipinski definition) is 4. The third-order valence-corrected chi connectivity index (χ3v) is 6.39. The number of aryl methyl sites for hydroxylation is 1. The van der Waals surface area contributed by atoms with Crippen LogP contribution in [0, 0.1) is 5.92 Å². The third kappa shape index (κ3) is 5.19. The van der Waals surface area contributed by atoms with Crippen LogP contribution in [0.1, 0.15) is 24.8 Å². The van der Waals surface area contributed by atoms with E-state index in [1.165, 1.54) is 0 Å². The van der Waals surface area contributed by atoms with Crippen LogP contribution >= 0.6 is 0 Å². The smallest absolute Gasteiger partial charge is 0.258 e. The van der Waals surface area contributed by atoms with Gasteiger partial charge in [0.2, 0.25) is 5.91 Å². The average molecular weight is 434 g/mol. The Morgan fingerprint density at radius 3 is 2.53 bits per heavy atom. The molecule has 0 bridgehead atoms. The fraction of sp³-hybridized carbons (Fsp3) is 0.385. The van der Waals surface area contributed by atoms with Gasteiger partial charge in [0.15, 0.2) is 0 Å². The molecule has 3 aromatic rings. The molecule has 168 valence electrons. The number of pyridine rings is 1. The van der Waals surface area contributed by atoms with E-state index in [2.05, 4.69) is 17.3 Å². The van der Waals surface area contributed by atoms with E-state index < -0.39 is 0 Å². The van der Waals surface area contributed by atoms with Gasteiger partial charge in [-0.25, -0.2) is 0 Å². The van der Waals surface area contributed by atoms with Gasteiger partial charge in [0.05, 0.1) is 7.11 Å². The molecule has 0 saturated carbocycles. The lowest BCUT2D eigenvalue weighted by atomic mass is 9.97. The summed E-state index contributed by atoms with van der Waals surface area (Å²) in [5, 5.41) is 4.43. The molecule has 1 saturated heterocycles. The Bertz CT molecular complexity index is 1130. The van der Waals surface area contributed by atoms with E-state index in [0.29, 0.717) is 29.8 Å². The zero-order chi connectivity index (χ0) is 22.5. The van der Waals surface area contributed by atoms with E-state index in [1.54, 1.807) is 7.11 Å². The van der Waals surface area contributed by atoms with Crippen molar-refractivity contribution < 1.29 is 9.53 Å². The topological polar surface area (TPSA) is 63.6 Å². The van der Waals surface area contributed by atoms with Gasteiger partial charge in [-0.3, -0.25) is 9.59 Å². The predicted octanol–water partition coefficient (Wildman–Crippen LogP) is 3.92. The fourth-order valence-electron chi connectivity index (χ4n) is 4.36. The van der Waals surface area contributed by atoms with Gasteiger partial charge in [-0.05, 0) is 81.2 Å². The van der Waals surface area contributed by atoms with Gasteiger partial charge in [0.25, 0.3) is 5.56 Å². The molecular formula is C26H31N3O3. The summed E-state index contributed by atoms with van der Waals surface area (Å²) < 4.78 is 7.00. The van der Waals surface area contributed by atoms with Crippen LogP contribution in [0.3, 0.4) is 0 Å². The maximum Gasteiger partial charge on any atom is 0.258 e. The minimum Gasteiger partial charge on any atom is -0.497 e. The molecule has 6 nitrogen and oxygen atoms in total. The molecule has 0 spiro atoms. The van der Waals surface area contributed by atoms with Crippen LogP contribution in [0.25, 0.3) is 10.8 Å². The highest BCUT2D eigenvalue weighted by Crippen LogP contribution is 2.23. The third-order valence-electron chi connectivity index (χ3n) is 6.39. The molecule has 0 aliphatic carbocycles. The van der Waals surface area contributed by atoms with Gasteiger partial charge in [-0.2, -0.15) is 0 Å². The highest BCUT2D eigenvalue weighted by atomic mass is 16.5. The fourth-order valence-corrected chi connectivity index (χ4v) is 4.36. The number of likely N-dealkylation sites (tertiary alicyclic amines) is 1. The van der Waals surface area contributed by atoms with Gasteiger partial charge in [0.1, 0.15) is 5.75 Å². The number of aromatic nitrogens is 1. The first-order valence-electron chi connectivity index (χ1n) is 11.3. The van der Waals surface area contributed by atoms with Crippen LogP contribution in [0.15, 0.2) is 59.5 Å². The summed E-state index contributed by atoms with van der Waals surface area (Å²) in [7, 11) is 3.78. The Kier molecular flexibility index (Phi) is 6.90. The molecule has 1 aliphatic heterocycles. The van der Waals surface area contributed by atoms with Gasteiger partial charge in [-0.1, -0.05) is 18.2 Å². The Morgan fingerprint density at radius 1 is 1.06 bits per heavy atom. The number of hydrogen-bond donors (Lipinski definition) is 1. The molecule has 1 amide bonds. The first kappa shape index (κ1) is 22.1. The molecule has 0 unspecified atom stereocenters. The van der Waals surface area contributed by atoms with Crippen molar-refractivity contribution in [2.75, 3.05) is 32.6 Å². The number of nitrogens with zero attached hydrogens (tertiary/aromatic N) is 2. The van der Waals surface area contributed by atoms with Gasteiger partial charge in [-0.15, -0.1) is 0 Å². The quantitative estimate of drug-likeness (QED) is 0.613. The van der Waals surface area contributed by atoms with E-state index in [1.807, 2.05) is 59.3 Å². The van der Waals surface area contributed by atoms with Crippen molar-refractivity contribution in [1.82, 2.24) is 9.47 Å². The number of fused-ring (bicyclic) bond motifs is 1. The lowest BCUT2D eigenvalue weighted by Gasteiger charge is -2.29. The van der Waals surface area contributed by atoms with E-state index in [0.717, 1.165) is 49.2 Å². The molecule has 6 heteroatoms. The molecule has 4 rings (SSSR count). The number of nitrogens with one attached hydrogen (secondary N) is 1. The molecular weight excluding hydrogens is 402 g/mol. The van der Waals surface area contributed by atoms with E-state index in [-0.39, 0.29) is 11.5 Å². The van der Waals surface area contributed by atoms with Crippen molar-refractivity contribution in [1.29, 1.82) is 0 Å². The van der Waals surface area contributed by atoms with Crippen LogP contribution in [-0.4, -0.2) is 42.6 Å². The molecule has 2 heterocycles. The van der Waals surface area contributed by atoms with Crippen LogP contribution in [0.5, 0.6) is 5.75 Å². The number of anilines is 1. The second-order valence-electron chi connectivity index (χ2n) is 8.68. The van der Waals surface area contributed by atoms with Crippen molar-refractivity contribution in [3.05, 3.63) is 70.6 Å². The van der Waals surface area contributed by atoms with Crippen molar-refractivity contribution in [2.45, 2.75) is 32.2 Å². The zero-order valence-electron chi connectivity index (χ0n) is 18.8. The normalized spacial score (nSPS) is 15.1. The molecule has 1 N–H and O–H groups in total. The average Bonchev–Trinajstić information content (AvgIpc) is 2.81. The van der Waals surface area contributed by atoms with Crippen LogP contribution in [0.2, 0.25) is 0 Å². The predicted molar refractivity (Wildman–Crippen MR) is 128 cm³/mol. The Labute approximate surface area is 188 Å². The van der Waals surface area contributed by atoms with E-state index >= 15 is 0 Å². The second-order valence-corrected chi connectivity index (χ2v) is 8.68. The number of carbonyl (C=O) groups excluding carboxylic acids is 1. The second kappa shape index (κ2) is 10.0. The Hall–Kier alpha value is -3.12. The molecule has 1 fully saturated rings. The number of methoxy groups -OCH3 is 1. The van der Waals surface area contributed by atoms with Crippen molar-refractivity contribution in [3.8, 4) is 5.75 Å². The Morgan fingerprint density at radius 2 is 1.81 bits per heavy atom. The number of amides is 1. The van der Waals surface area contributed by atoms with Crippen LogP contribution < -0.4 is 15.6 Å². The van der Waals surface area contributed by atoms with E-state index in [9.17, 15) is 9.59 Å². The monoisotopic (exact) mass is 433 g/mol. The summed E-state index contributed by atoms with van der Waals surface area (Å²) in [6, 6.07) is 15.2. The largest absolute Gasteiger partial charge is 0.497 e. The number of rotatable bonds is 7. The molecule has 2 aromatic carbocycles. The molecule has 0 radical (unpaired) electrons. The maximum absolute atomic E-state index is 13.1. The molecule has 32 heavy (non-hydrogen) atoms. The summed E-state index contributed by atoms with van der Waals surface area (Å²) in [6.07, 6.45) is 5.12. The van der Waals surface area contributed by atoms with Gasteiger partial charge in [0, 0.05) is 35.6 Å². The summed E-state index contributed by atoms with van der Waals surface area (Å²) in [5.41, 5.74) is 1.78. The molecule has 1 aromatic heterocycles. The first-order valence-corrected chi connectivity index (χ1v) is 11.3. The molecule has 0 atom stereocenters. The summed E-state index contributed by atoms with van der Waals surface area (Å²) >= 11 is 0. The number of carbonyl (C=O) groups is 1. The van der Waals surface area contributed by atoms with Crippen LogP contribution in [0.4, 0.5) is 5.69 Å².